The number of carbonyl (C=O) groups excluding carboxylic acids is 1. The van der Waals surface area contributed by atoms with Gasteiger partial charge in [0.15, 0.2) is 0 Å². The Morgan fingerprint density at radius 2 is 1.67 bits per heavy atom. The van der Waals surface area contributed by atoms with Crippen molar-refractivity contribution in [1.29, 1.82) is 0 Å². The number of amides is 1. The number of benzene rings is 3. The van der Waals surface area contributed by atoms with E-state index in [0.29, 0.717) is 11.4 Å². The van der Waals surface area contributed by atoms with E-state index in [9.17, 15) is 13.2 Å². The molecule has 2 N–H and O–H groups in total. The molecule has 1 amide bonds. The van der Waals surface area contributed by atoms with Crippen LogP contribution in [-0.4, -0.2) is 21.4 Å². The molecule has 0 bridgehead atoms. The number of rotatable bonds is 7. The van der Waals surface area contributed by atoms with Crippen molar-refractivity contribution in [3.63, 3.8) is 0 Å². The Hall–Kier alpha value is -3.32. The van der Waals surface area contributed by atoms with Crippen LogP contribution in [0.5, 0.6) is 5.75 Å². The summed E-state index contributed by atoms with van der Waals surface area (Å²) in [7, 11) is -2.31. The van der Waals surface area contributed by atoms with Gasteiger partial charge in [0.25, 0.3) is 15.9 Å². The van der Waals surface area contributed by atoms with Crippen molar-refractivity contribution >= 4 is 21.6 Å². The first-order valence-corrected chi connectivity index (χ1v) is 10.9. The van der Waals surface area contributed by atoms with Crippen molar-refractivity contribution in [2.75, 3.05) is 11.8 Å². The summed E-state index contributed by atoms with van der Waals surface area (Å²) in [5.41, 5.74) is 2.76. The van der Waals surface area contributed by atoms with Crippen LogP contribution >= 0.6 is 0 Å². The summed E-state index contributed by atoms with van der Waals surface area (Å²) in [5.74, 6) is 0.284. The maximum atomic E-state index is 12.7. The lowest BCUT2D eigenvalue weighted by molar-refractivity contribution is 0.0939. The van der Waals surface area contributed by atoms with Crippen molar-refractivity contribution < 1.29 is 17.9 Å². The van der Waals surface area contributed by atoms with Crippen LogP contribution in [0.3, 0.4) is 0 Å². The molecular formula is C23H24N2O4S. The van der Waals surface area contributed by atoms with Crippen LogP contribution in [0.15, 0.2) is 77.7 Å². The number of anilines is 1. The van der Waals surface area contributed by atoms with E-state index >= 15 is 0 Å². The molecule has 1 atom stereocenters. The number of ether oxygens (including phenoxy) is 1. The molecule has 6 nitrogen and oxygen atoms in total. The van der Waals surface area contributed by atoms with Gasteiger partial charge in [-0.2, -0.15) is 0 Å². The zero-order valence-electron chi connectivity index (χ0n) is 17.0. The van der Waals surface area contributed by atoms with E-state index in [-0.39, 0.29) is 22.4 Å². The van der Waals surface area contributed by atoms with Crippen molar-refractivity contribution in [1.82, 2.24) is 5.32 Å². The monoisotopic (exact) mass is 424 g/mol. The third kappa shape index (κ3) is 4.99. The fourth-order valence-corrected chi connectivity index (χ4v) is 4.21. The maximum Gasteiger partial charge on any atom is 0.261 e. The SMILES string of the molecule is COc1ccc(NS(=O)(=O)c2cccc(C(=O)NC(C)c3ccccc3C)c2)cc1. The summed E-state index contributed by atoms with van der Waals surface area (Å²) in [6.45, 7) is 3.88. The molecule has 156 valence electrons. The van der Waals surface area contributed by atoms with E-state index in [1.807, 2.05) is 38.1 Å². The molecule has 3 aromatic rings. The first-order valence-electron chi connectivity index (χ1n) is 9.43. The standard InChI is InChI=1S/C23H24N2O4S/c1-16-7-4-5-10-22(16)17(2)24-23(26)18-8-6-9-21(15-18)30(27,28)25-19-11-13-20(29-3)14-12-19/h4-15,17,25H,1-3H3,(H,24,26). The molecule has 0 heterocycles. The highest BCUT2D eigenvalue weighted by Crippen LogP contribution is 2.21. The molecule has 1 unspecified atom stereocenters. The molecule has 0 saturated carbocycles. The Balaban J connectivity index is 1.77. The quantitative estimate of drug-likeness (QED) is 0.592. The molecule has 3 rings (SSSR count). The summed E-state index contributed by atoms with van der Waals surface area (Å²) >= 11 is 0. The molecule has 0 aromatic heterocycles. The molecule has 30 heavy (non-hydrogen) atoms. The summed E-state index contributed by atoms with van der Waals surface area (Å²) < 4.78 is 33.1. The predicted molar refractivity (Wildman–Crippen MR) is 117 cm³/mol. The Morgan fingerprint density at radius 1 is 0.967 bits per heavy atom. The van der Waals surface area contributed by atoms with Crippen LogP contribution in [0.2, 0.25) is 0 Å². The minimum atomic E-state index is -3.85. The summed E-state index contributed by atoms with van der Waals surface area (Å²) in [5, 5.41) is 2.93. The van der Waals surface area contributed by atoms with Gasteiger partial charge in [0.1, 0.15) is 5.75 Å². The number of aryl methyl sites for hydroxylation is 1. The fraction of sp³-hybridized carbons (Fsp3) is 0.174. The van der Waals surface area contributed by atoms with Gasteiger partial charge in [-0.25, -0.2) is 8.42 Å². The molecule has 0 aliphatic rings. The van der Waals surface area contributed by atoms with Crippen LogP contribution in [0.1, 0.15) is 34.5 Å². The van der Waals surface area contributed by atoms with E-state index < -0.39 is 10.0 Å². The highest BCUT2D eigenvalue weighted by atomic mass is 32.2. The lowest BCUT2D eigenvalue weighted by atomic mass is 10.0. The minimum absolute atomic E-state index is 0.00881. The Morgan fingerprint density at radius 3 is 2.33 bits per heavy atom. The second-order valence-corrected chi connectivity index (χ2v) is 8.60. The van der Waals surface area contributed by atoms with Crippen molar-refractivity contribution in [2.45, 2.75) is 24.8 Å². The zero-order chi connectivity index (χ0) is 21.7. The summed E-state index contributed by atoms with van der Waals surface area (Å²) in [6, 6.07) is 20.1. The van der Waals surface area contributed by atoms with Gasteiger partial charge in [0.05, 0.1) is 18.0 Å². The highest BCUT2D eigenvalue weighted by Gasteiger charge is 2.18. The molecule has 0 aliphatic carbocycles. The largest absolute Gasteiger partial charge is 0.497 e. The number of sulfonamides is 1. The number of hydrogen-bond donors (Lipinski definition) is 2. The Bertz CT molecular complexity index is 1140. The zero-order valence-corrected chi connectivity index (χ0v) is 17.9. The van der Waals surface area contributed by atoms with Gasteiger partial charge in [-0.3, -0.25) is 9.52 Å². The maximum absolute atomic E-state index is 12.7. The predicted octanol–water partition coefficient (Wildman–Crippen LogP) is 4.30. The van der Waals surface area contributed by atoms with E-state index in [2.05, 4.69) is 10.0 Å². The number of hydrogen-bond acceptors (Lipinski definition) is 4. The third-order valence-electron chi connectivity index (χ3n) is 4.75. The second-order valence-electron chi connectivity index (χ2n) is 6.91. The summed E-state index contributed by atoms with van der Waals surface area (Å²) in [4.78, 5) is 12.7. The number of nitrogens with one attached hydrogen (secondary N) is 2. The Labute approximate surface area is 177 Å². The van der Waals surface area contributed by atoms with Crippen LogP contribution in [0.25, 0.3) is 0 Å². The van der Waals surface area contributed by atoms with Gasteiger partial charge in [-0.15, -0.1) is 0 Å². The molecule has 0 aliphatic heterocycles. The normalized spacial score (nSPS) is 12.1. The molecule has 0 saturated heterocycles. The topological polar surface area (TPSA) is 84.5 Å². The first-order chi connectivity index (χ1) is 14.3. The van der Waals surface area contributed by atoms with Gasteiger partial charge >= 0.3 is 0 Å². The highest BCUT2D eigenvalue weighted by molar-refractivity contribution is 7.92. The smallest absolute Gasteiger partial charge is 0.261 e. The lowest BCUT2D eigenvalue weighted by Gasteiger charge is -2.17. The summed E-state index contributed by atoms with van der Waals surface area (Å²) in [6.07, 6.45) is 0. The van der Waals surface area contributed by atoms with E-state index in [0.717, 1.165) is 11.1 Å². The first kappa shape index (κ1) is 21.4. The molecule has 7 heteroatoms. The second kappa shape index (κ2) is 9.00. The molecule has 0 spiro atoms. The fourth-order valence-electron chi connectivity index (χ4n) is 3.11. The van der Waals surface area contributed by atoms with Gasteiger partial charge in [0, 0.05) is 11.3 Å². The van der Waals surface area contributed by atoms with E-state index in [1.165, 1.54) is 19.2 Å². The third-order valence-corrected chi connectivity index (χ3v) is 6.13. The van der Waals surface area contributed by atoms with Crippen LogP contribution < -0.4 is 14.8 Å². The average Bonchev–Trinajstić information content (AvgIpc) is 2.74. The van der Waals surface area contributed by atoms with Gasteiger partial charge in [-0.1, -0.05) is 30.3 Å². The van der Waals surface area contributed by atoms with Gasteiger partial charge in [0.2, 0.25) is 0 Å². The molecule has 0 radical (unpaired) electrons. The van der Waals surface area contributed by atoms with E-state index in [4.69, 9.17) is 4.74 Å². The van der Waals surface area contributed by atoms with Gasteiger partial charge in [-0.05, 0) is 67.4 Å². The van der Waals surface area contributed by atoms with Crippen molar-refractivity contribution in [3.05, 3.63) is 89.5 Å². The van der Waals surface area contributed by atoms with Crippen molar-refractivity contribution in [3.8, 4) is 5.75 Å². The van der Waals surface area contributed by atoms with E-state index in [1.54, 1.807) is 36.4 Å². The molecule has 3 aromatic carbocycles. The van der Waals surface area contributed by atoms with Crippen LogP contribution in [0, 0.1) is 6.92 Å². The number of methoxy groups -OCH3 is 1. The van der Waals surface area contributed by atoms with Crippen molar-refractivity contribution in [2.24, 2.45) is 0 Å². The Kier molecular flexibility index (Phi) is 6.42. The van der Waals surface area contributed by atoms with Gasteiger partial charge < -0.3 is 10.1 Å². The average molecular weight is 425 g/mol. The molecular weight excluding hydrogens is 400 g/mol. The van der Waals surface area contributed by atoms with Crippen LogP contribution in [0.4, 0.5) is 5.69 Å². The minimum Gasteiger partial charge on any atom is -0.497 e. The van der Waals surface area contributed by atoms with Crippen LogP contribution in [-0.2, 0) is 10.0 Å². The molecule has 0 fully saturated rings. The number of carbonyl (C=O) groups is 1. The lowest BCUT2D eigenvalue weighted by Crippen LogP contribution is -2.27.